The summed E-state index contributed by atoms with van der Waals surface area (Å²) >= 11 is 0. The van der Waals surface area contributed by atoms with Gasteiger partial charge < -0.3 is 24.6 Å². The Morgan fingerprint density at radius 3 is 2.79 bits per heavy atom. The molecule has 7 heteroatoms. The summed E-state index contributed by atoms with van der Waals surface area (Å²) < 4.78 is 10.9. The van der Waals surface area contributed by atoms with Gasteiger partial charge >= 0.3 is 6.09 Å². The molecule has 0 spiro atoms. The molecule has 2 aromatic rings. The molecule has 2 aliphatic rings. The molecule has 152 valence electrons. The van der Waals surface area contributed by atoms with Gasteiger partial charge in [0.15, 0.2) is 6.61 Å². The third-order valence-electron chi connectivity index (χ3n) is 5.23. The third kappa shape index (κ3) is 4.68. The molecule has 1 N–H and O–H groups in total. The summed E-state index contributed by atoms with van der Waals surface area (Å²) in [5.74, 6) is 0.688. The molecule has 0 aliphatic carbocycles. The van der Waals surface area contributed by atoms with E-state index in [0.29, 0.717) is 26.2 Å². The van der Waals surface area contributed by atoms with E-state index in [0.717, 1.165) is 23.4 Å². The first-order valence-electron chi connectivity index (χ1n) is 9.92. The van der Waals surface area contributed by atoms with Gasteiger partial charge in [-0.15, -0.1) is 0 Å². The van der Waals surface area contributed by atoms with E-state index in [9.17, 15) is 9.59 Å². The number of nitrogens with zero attached hydrogens (tertiary/aromatic N) is 2. The van der Waals surface area contributed by atoms with Crippen LogP contribution < -0.4 is 15.0 Å². The second-order valence-electron chi connectivity index (χ2n) is 7.23. The fraction of sp³-hybridized carbons (Fsp3) is 0.364. The topological polar surface area (TPSA) is 71.1 Å². The zero-order valence-electron chi connectivity index (χ0n) is 16.3. The average Bonchev–Trinajstić information content (AvgIpc) is 2.77. The number of carbonyl (C=O) groups excluding carboxylic acids is 2. The molecule has 0 saturated carbocycles. The fourth-order valence-corrected chi connectivity index (χ4v) is 3.68. The van der Waals surface area contributed by atoms with Gasteiger partial charge in [-0.2, -0.15) is 0 Å². The standard InChI is InChI=1S/C22H25N3O4/c26-21-16-28-20-9-5-4-8-19(20)25(21)12-10-18-14-24(13-11-23-18)22(27)29-15-17-6-2-1-3-7-17/h1-9,18,23H,10-16H2/t18-/m1/s1. The summed E-state index contributed by atoms with van der Waals surface area (Å²) in [5, 5.41) is 3.44. The molecule has 2 aliphatic heterocycles. The maximum absolute atomic E-state index is 12.4. The molecule has 0 bridgehead atoms. The second-order valence-corrected chi connectivity index (χ2v) is 7.23. The molecule has 1 atom stereocenters. The van der Waals surface area contributed by atoms with E-state index in [4.69, 9.17) is 9.47 Å². The van der Waals surface area contributed by atoms with Crippen LogP contribution in [0.2, 0.25) is 0 Å². The molecule has 4 rings (SSSR count). The number of ether oxygens (including phenoxy) is 2. The second kappa shape index (κ2) is 8.96. The normalized spacial score (nSPS) is 18.8. The van der Waals surface area contributed by atoms with Crippen LogP contribution in [0.3, 0.4) is 0 Å². The molecule has 2 amide bonds. The average molecular weight is 395 g/mol. The molecule has 1 fully saturated rings. The van der Waals surface area contributed by atoms with Crippen LogP contribution in [0.25, 0.3) is 0 Å². The van der Waals surface area contributed by atoms with Crippen LogP contribution in [0.1, 0.15) is 12.0 Å². The minimum Gasteiger partial charge on any atom is -0.482 e. The van der Waals surface area contributed by atoms with Gasteiger partial charge in [0.1, 0.15) is 12.4 Å². The van der Waals surface area contributed by atoms with Crippen LogP contribution in [0, 0.1) is 0 Å². The van der Waals surface area contributed by atoms with Gasteiger partial charge in [-0.3, -0.25) is 4.79 Å². The summed E-state index contributed by atoms with van der Waals surface area (Å²) in [6, 6.07) is 17.3. The molecule has 7 nitrogen and oxygen atoms in total. The zero-order chi connectivity index (χ0) is 20.1. The van der Waals surface area contributed by atoms with Gasteiger partial charge in [0.2, 0.25) is 0 Å². The molecule has 29 heavy (non-hydrogen) atoms. The van der Waals surface area contributed by atoms with Gasteiger partial charge in [0.05, 0.1) is 5.69 Å². The number of anilines is 1. The van der Waals surface area contributed by atoms with E-state index in [1.165, 1.54) is 0 Å². The highest BCUT2D eigenvalue weighted by Gasteiger charge is 2.28. The van der Waals surface area contributed by atoms with Crippen molar-refractivity contribution in [2.24, 2.45) is 0 Å². The number of rotatable bonds is 5. The van der Waals surface area contributed by atoms with Crippen molar-refractivity contribution in [3.8, 4) is 5.75 Å². The number of carbonyl (C=O) groups is 2. The Labute approximate surface area is 170 Å². The number of fused-ring (bicyclic) bond motifs is 1. The lowest BCUT2D eigenvalue weighted by molar-refractivity contribution is -0.121. The minimum atomic E-state index is -0.298. The molecule has 2 heterocycles. The lowest BCUT2D eigenvalue weighted by Gasteiger charge is -2.35. The van der Waals surface area contributed by atoms with E-state index in [1.807, 2.05) is 54.6 Å². The third-order valence-corrected chi connectivity index (χ3v) is 5.23. The van der Waals surface area contributed by atoms with Crippen LogP contribution in [0.5, 0.6) is 5.75 Å². The summed E-state index contributed by atoms with van der Waals surface area (Å²) in [7, 11) is 0. The molecule has 2 aromatic carbocycles. The zero-order valence-corrected chi connectivity index (χ0v) is 16.3. The maximum Gasteiger partial charge on any atom is 0.410 e. The van der Waals surface area contributed by atoms with E-state index in [1.54, 1.807) is 9.80 Å². The van der Waals surface area contributed by atoms with Crippen molar-refractivity contribution in [1.82, 2.24) is 10.2 Å². The van der Waals surface area contributed by atoms with Crippen molar-refractivity contribution in [3.63, 3.8) is 0 Å². The molecule has 0 aromatic heterocycles. The number of hydrogen-bond acceptors (Lipinski definition) is 5. The first-order valence-corrected chi connectivity index (χ1v) is 9.92. The number of amides is 2. The molecule has 0 radical (unpaired) electrons. The van der Waals surface area contributed by atoms with Crippen LogP contribution in [-0.2, 0) is 16.1 Å². The number of benzene rings is 2. The van der Waals surface area contributed by atoms with Gasteiger partial charge in [-0.05, 0) is 24.1 Å². The monoisotopic (exact) mass is 395 g/mol. The summed E-state index contributed by atoms with van der Waals surface area (Å²) in [4.78, 5) is 28.3. The highest BCUT2D eigenvalue weighted by atomic mass is 16.6. The Hall–Kier alpha value is -3.06. The molecule has 0 unspecified atom stereocenters. The Bertz CT molecular complexity index is 858. The van der Waals surface area contributed by atoms with E-state index < -0.39 is 0 Å². The van der Waals surface area contributed by atoms with Crippen molar-refractivity contribution < 1.29 is 19.1 Å². The number of para-hydroxylation sites is 2. The highest BCUT2D eigenvalue weighted by molar-refractivity contribution is 5.97. The molecule has 1 saturated heterocycles. The van der Waals surface area contributed by atoms with Crippen LogP contribution in [0.4, 0.5) is 10.5 Å². The smallest absolute Gasteiger partial charge is 0.410 e. The summed E-state index contributed by atoms with van der Waals surface area (Å²) in [5.41, 5.74) is 1.77. The van der Waals surface area contributed by atoms with Gasteiger partial charge in [-0.1, -0.05) is 42.5 Å². The Morgan fingerprint density at radius 1 is 1.14 bits per heavy atom. The van der Waals surface area contributed by atoms with E-state index >= 15 is 0 Å². The van der Waals surface area contributed by atoms with E-state index in [2.05, 4.69) is 5.32 Å². The van der Waals surface area contributed by atoms with Crippen LogP contribution in [-0.4, -0.2) is 55.7 Å². The molecular weight excluding hydrogens is 370 g/mol. The lowest BCUT2D eigenvalue weighted by Crippen LogP contribution is -2.54. The van der Waals surface area contributed by atoms with Crippen molar-refractivity contribution in [2.75, 3.05) is 37.7 Å². The SMILES string of the molecule is O=C(OCc1ccccc1)N1CCN[C@H](CCN2C(=O)COc3ccccc32)C1. The van der Waals surface area contributed by atoms with Gasteiger partial charge in [0, 0.05) is 32.2 Å². The quantitative estimate of drug-likeness (QED) is 0.842. The van der Waals surface area contributed by atoms with Gasteiger partial charge in [-0.25, -0.2) is 4.79 Å². The Kier molecular flexibility index (Phi) is 5.95. The van der Waals surface area contributed by atoms with Crippen molar-refractivity contribution >= 4 is 17.7 Å². The number of piperazine rings is 1. The number of nitrogens with one attached hydrogen (secondary N) is 1. The van der Waals surface area contributed by atoms with Crippen LogP contribution in [0.15, 0.2) is 54.6 Å². The first kappa shape index (κ1) is 19.3. The first-order chi connectivity index (χ1) is 14.2. The predicted molar refractivity (Wildman–Crippen MR) is 109 cm³/mol. The number of hydrogen-bond donors (Lipinski definition) is 1. The summed E-state index contributed by atoms with van der Waals surface area (Å²) in [6.07, 6.45) is 0.441. The fourth-order valence-electron chi connectivity index (χ4n) is 3.68. The maximum atomic E-state index is 12.4. The van der Waals surface area contributed by atoms with E-state index in [-0.39, 0.29) is 31.3 Å². The minimum absolute atomic E-state index is 0.0429. The largest absolute Gasteiger partial charge is 0.482 e. The highest BCUT2D eigenvalue weighted by Crippen LogP contribution is 2.31. The Balaban J connectivity index is 1.30. The lowest BCUT2D eigenvalue weighted by atomic mass is 10.1. The summed E-state index contributed by atoms with van der Waals surface area (Å²) in [6.45, 7) is 2.79. The Morgan fingerprint density at radius 2 is 1.93 bits per heavy atom. The van der Waals surface area contributed by atoms with Crippen LogP contribution >= 0.6 is 0 Å². The van der Waals surface area contributed by atoms with Crippen molar-refractivity contribution in [1.29, 1.82) is 0 Å². The van der Waals surface area contributed by atoms with Gasteiger partial charge in [0.25, 0.3) is 5.91 Å². The predicted octanol–water partition coefficient (Wildman–Crippen LogP) is 2.41. The van der Waals surface area contributed by atoms with Crippen molar-refractivity contribution in [2.45, 2.75) is 19.1 Å². The molecular formula is C22H25N3O4. The van der Waals surface area contributed by atoms with Crippen molar-refractivity contribution in [3.05, 3.63) is 60.2 Å².